The molecule has 0 spiro atoms. The van der Waals surface area contributed by atoms with Crippen molar-refractivity contribution in [2.75, 3.05) is 26.2 Å². The Morgan fingerprint density at radius 3 is 2.75 bits per heavy atom. The topological polar surface area (TPSA) is 91.8 Å². The van der Waals surface area contributed by atoms with Crippen LogP contribution in [0.5, 0.6) is 0 Å². The molecule has 8 heteroatoms. The summed E-state index contributed by atoms with van der Waals surface area (Å²) < 4.78 is 32.7. The number of guanidine groups is 1. The van der Waals surface area contributed by atoms with Crippen LogP contribution in [0.3, 0.4) is 0 Å². The Hall–Kier alpha value is -1.64. The number of rotatable bonds is 6. The summed E-state index contributed by atoms with van der Waals surface area (Å²) in [5, 5.41) is 6.41. The molecule has 0 radical (unpaired) electrons. The lowest BCUT2D eigenvalue weighted by Gasteiger charge is -2.16. The molecule has 0 aromatic heterocycles. The number of nitrogens with one attached hydrogen (secondary N) is 3. The summed E-state index contributed by atoms with van der Waals surface area (Å²) in [7, 11) is -3.49. The van der Waals surface area contributed by atoms with Crippen LogP contribution in [-0.2, 0) is 21.3 Å². The molecule has 1 unspecified atom stereocenters. The number of hydrogen-bond acceptors (Lipinski definition) is 6. The minimum Gasteiger partial charge on any atom is -0.377 e. The highest BCUT2D eigenvalue weighted by molar-refractivity contribution is 7.89. The number of ether oxygens (including phenoxy) is 1. The third kappa shape index (κ3) is 4.68. The molecule has 0 amide bonds. The molecular formula is C16H24N4O3S. The first-order valence-corrected chi connectivity index (χ1v) is 9.84. The molecule has 2 aliphatic heterocycles. The molecule has 24 heavy (non-hydrogen) atoms. The summed E-state index contributed by atoms with van der Waals surface area (Å²) in [6, 6.07) is 6.89. The molecule has 1 aromatic rings. The van der Waals surface area contributed by atoms with Gasteiger partial charge < -0.3 is 15.4 Å². The van der Waals surface area contributed by atoms with Gasteiger partial charge in [-0.05, 0) is 37.0 Å². The normalized spacial score (nSPS) is 21.2. The van der Waals surface area contributed by atoms with Crippen LogP contribution in [0.15, 0.2) is 34.2 Å². The third-order valence-corrected chi connectivity index (χ3v) is 5.56. The molecule has 0 bridgehead atoms. The van der Waals surface area contributed by atoms with E-state index in [0.29, 0.717) is 19.7 Å². The fourth-order valence-corrected chi connectivity index (χ4v) is 3.78. The zero-order valence-corrected chi connectivity index (χ0v) is 14.4. The van der Waals surface area contributed by atoms with Gasteiger partial charge in [0, 0.05) is 32.8 Å². The molecule has 3 N–H and O–H groups in total. The SMILES string of the molecule is O=S(=O)(NCC1CCCO1)c1ccc(CNC2=NCCCN2)cc1. The summed E-state index contributed by atoms with van der Waals surface area (Å²) in [6.45, 7) is 3.42. The number of aliphatic imine (C=N–C) groups is 1. The lowest BCUT2D eigenvalue weighted by atomic mass is 10.2. The number of hydrogen-bond donors (Lipinski definition) is 3. The van der Waals surface area contributed by atoms with Gasteiger partial charge in [0.15, 0.2) is 5.96 Å². The zero-order chi connectivity index (χ0) is 16.8. The van der Waals surface area contributed by atoms with Crippen molar-refractivity contribution in [3.8, 4) is 0 Å². The van der Waals surface area contributed by atoms with Crippen LogP contribution in [0, 0.1) is 0 Å². The monoisotopic (exact) mass is 352 g/mol. The van der Waals surface area contributed by atoms with Crippen LogP contribution >= 0.6 is 0 Å². The summed E-state index contributed by atoms with van der Waals surface area (Å²) in [6.07, 6.45) is 2.95. The quantitative estimate of drug-likeness (QED) is 0.697. The molecule has 1 saturated heterocycles. The van der Waals surface area contributed by atoms with E-state index in [1.54, 1.807) is 12.1 Å². The van der Waals surface area contributed by atoms with Crippen molar-refractivity contribution >= 4 is 16.0 Å². The highest BCUT2D eigenvalue weighted by atomic mass is 32.2. The first-order chi connectivity index (χ1) is 11.6. The van der Waals surface area contributed by atoms with E-state index in [-0.39, 0.29) is 11.0 Å². The Labute approximate surface area is 142 Å². The van der Waals surface area contributed by atoms with Gasteiger partial charge in [0.1, 0.15) is 0 Å². The van der Waals surface area contributed by atoms with E-state index in [2.05, 4.69) is 20.3 Å². The van der Waals surface area contributed by atoms with E-state index in [1.165, 1.54) is 0 Å². The van der Waals surface area contributed by atoms with Crippen molar-refractivity contribution in [2.24, 2.45) is 4.99 Å². The van der Waals surface area contributed by atoms with Crippen molar-refractivity contribution in [1.29, 1.82) is 0 Å². The highest BCUT2D eigenvalue weighted by Gasteiger charge is 2.20. The van der Waals surface area contributed by atoms with Gasteiger partial charge in [-0.25, -0.2) is 13.1 Å². The molecular weight excluding hydrogens is 328 g/mol. The van der Waals surface area contributed by atoms with Gasteiger partial charge in [0.25, 0.3) is 0 Å². The van der Waals surface area contributed by atoms with Crippen LogP contribution < -0.4 is 15.4 Å². The van der Waals surface area contributed by atoms with Gasteiger partial charge in [-0.1, -0.05) is 12.1 Å². The second kappa shape index (κ2) is 7.96. The van der Waals surface area contributed by atoms with Crippen molar-refractivity contribution in [3.63, 3.8) is 0 Å². The molecule has 2 heterocycles. The summed E-state index contributed by atoms with van der Waals surface area (Å²) in [5.74, 6) is 0.802. The van der Waals surface area contributed by atoms with Gasteiger partial charge >= 0.3 is 0 Å². The molecule has 3 rings (SSSR count). The maximum atomic E-state index is 12.3. The van der Waals surface area contributed by atoms with Crippen molar-refractivity contribution in [2.45, 2.75) is 36.8 Å². The van der Waals surface area contributed by atoms with E-state index in [1.807, 2.05) is 12.1 Å². The average Bonchev–Trinajstić information content (AvgIpc) is 3.13. The fraction of sp³-hybridized carbons (Fsp3) is 0.562. The van der Waals surface area contributed by atoms with Crippen LogP contribution in [0.2, 0.25) is 0 Å². The van der Waals surface area contributed by atoms with E-state index < -0.39 is 10.0 Å². The van der Waals surface area contributed by atoms with Crippen molar-refractivity contribution in [1.82, 2.24) is 15.4 Å². The molecule has 7 nitrogen and oxygen atoms in total. The number of sulfonamides is 1. The molecule has 0 saturated carbocycles. The molecule has 1 fully saturated rings. The molecule has 0 aliphatic carbocycles. The first kappa shape index (κ1) is 17.2. The third-order valence-electron chi connectivity index (χ3n) is 4.12. The predicted molar refractivity (Wildman–Crippen MR) is 92.4 cm³/mol. The maximum Gasteiger partial charge on any atom is 0.240 e. The van der Waals surface area contributed by atoms with E-state index >= 15 is 0 Å². The maximum absolute atomic E-state index is 12.3. The summed E-state index contributed by atoms with van der Waals surface area (Å²) in [5.41, 5.74) is 1.00. The predicted octanol–water partition coefficient (Wildman–Crippen LogP) is 0.583. The van der Waals surface area contributed by atoms with Gasteiger partial charge in [0.05, 0.1) is 11.0 Å². The lowest BCUT2D eigenvalue weighted by Crippen LogP contribution is -2.40. The van der Waals surface area contributed by atoms with Crippen molar-refractivity contribution in [3.05, 3.63) is 29.8 Å². The molecule has 1 aromatic carbocycles. The number of nitrogens with zero attached hydrogens (tertiary/aromatic N) is 1. The Balaban J connectivity index is 1.53. The Morgan fingerprint density at radius 2 is 2.08 bits per heavy atom. The van der Waals surface area contributed by atoms with Gasteiger partial charge in [0.2, 0.25) is 10.0 Å². The highest BCUT2D eigenvalue weighted by Crippen LogP contribution is 2.14. The smallest absolute Gasteiger partial charge is 0.240 e. The summed E-state index contributed by atoms with van der Waals surface area (Å²) in [4.78, 5) is 4.62. The molecule has 1 atom stereocenters. The minimum atomic E-state index is -3.49. The van der Waals surface area contributed by atoms with Gasteiger partial charge in [-0.15, -0.1) is 0 Å². The van der Waals surface area contributed by atoms with Gasteiger partial charge in [-0.3, -0.25) is 4.99 Å². The molecule has 132 valence electrons. The van der Waals surface area contributed by atoms with E-state index in [4.69, 9.17) is 4.74 Å². The van der Waals surface area contributed by atoms with Crippen LogP contribution in [0.25, 0.3) is 0 Å². The minimum absolute atomic E-state index is 0.00739. The molecule has 2 aliphatic rings. The Bertz CT molecular complexity index is 667. The Morgan fingerprint density at radius 1 is 1.25 bits per heavy atom. The number of benzene rings is 1. The summed E-state index contributed by atoms with van der Waals surface area (Å²) >= 11 is 0. The Kier molecular flexibility index (Phi) is 5.70. The average molecular weight is 352 g/mol. The zero-order valence-electron chi connectivity index (χ0n) is 13.6. The second-order valence-electron chi connectivity index (χ2n) is 6.00. The van der Waals surface area contributed by atoms with Crippen molar-refractivity contribution < 1.29 is 13.2 Å². The second-order valence-corrected chi connectivity index (χ2v) is 7.76. The van der Waals surface area contributed by atoms with Gasteiger partial charge in [-0.2, -0.15) is 0 Å². The van der Waals surface area contributed by atoms with Crippen LogP contribution in [-0.4, -0.2) is 46.7 Å². The first-order valence-electron chi connectivity index (χ1n) is 8.36. The fourth-order valence-electron chi connectivity index (χ4n) is 2.71. The van der Waals surface area contributed by atoms with Crippen LogP contribution in [0.1, 0.15) is 24.8 Å². The van der Waals surface area contributed by atoms with E-state index in [0.717, 1.165) is 43.9 Å². The largest absolute Gasteiger partial charge is 0.377 e. The lowest BCUT2D eigenvalue weighted by molar-refractivity contribution is 0.114. The van der Waals surface area contributed by atoms with E-state index in [9.17, 15) is 8.42 Å². The van der Waals surface area contributed by atoms with Crippen LogP contribution in [0.4, 0.5) is 0 Å². The standard InChI is InChI=1S/C16H24N4O3S/c21-24(22,20-12-14-3-1-10-23-14)15-6-4-13(5-7-15)11-19-16-17-8-2-9-18-16/h4-7,14,20H,1-3,8-12H2,(H2,17,18,19).